The van der Waals surface area contributed by atoms with Gasteiger partial charge in [-0.05, 0) is 147 Å². The molecule has 1 saturated carbocycles. The maximum atomic E-state index is 13.4. The highest BCUT2D eigenvalue weighted by molar-refractivity contribution is 6.05. The van der Waals surface area contributed by atoms with Crippen molar-refractivity contribution in [3.63, 3.8) is 0 Å². The number of para-hydroxylation sites is 6. The summed E-state index contributed by atoms with van der Waals surface area (Å²) >= 11 is 0. The summed E-state index contributed by atoms with van der Waals surface area (Å²) < 4.78 is 6.27. The summed E-state index contributed by atoms with van der Waals surface area (Å²) in [4.78, 5) is 65.2. The summed E-state index contributed by atoms with van der Waals surface area (Å²) in [6.45, 7) is 14.2. The van der Waals surface area contributed by atoms with Crippen molar-refractivity contribution in [3.8, 4) is 11.4 Å². The molecule has 12 aromatic rings. The maximum Gasteiger partial charge on any atom is 0.324 e. The SMILES string of the molecule is CC.CC.CC(C)Cc1cncc2c(=O)cc(Nc3ccccc3)n(C3=CCC=CC=C3)c12.Cc1cc2c(c(NC(=O)Nc3ccccc3)n1)c(=O)cc(Nc1ccccc1)n2-c1ccccc1.O=c1cc(Nc2ccccc2)n(-c2ccccc2)c2c(CC3CC3)cncc12. The number of hydrogen-bond donors (Lipinski definition) is 5. The third-order valence-corrected chi connectivity index (χ3v) is 15.6. The van der Waals surface area contributed by atoms with Crippen molar-refractivity contribution in [1.29, 1.82) is 0 Å². The van der Waals surface area contributed by atoms with E-state index in [2.05, 4.69) is 101 Å². The van der Waals surface area contributed by atoms with E-state index < -0.39 is 6.03 Å². The van der Waals surface area contributed by atoms with Gasteiger partial charge in [0.05, 0.1) is 32.7 Å². The lowest BCUT2D eigenvalue weighted by Crippen LogP contribution is -2.22. The molecule has 0 bridgehead atoms. The highest BCUT2D eigenvalue weighted by atomic mass is 16.2. The maximum absolute atomic E-state index is 13.4. The number of nitrogens with zero attached hydrogens (tertiary/aromatic N) is 6. The number of urea groups is 1. The van der Waals surface area contributed by atoms with Crippen LogP contribution < -0.4 is 42.9 Å². The van der Waals surface area contributed by atoms with Gasteiger partial charge in [-0.15, -0.1) is 0 Å². The van der Waals surface area contributed by atoms with Crippen molar-refractivity contribution in [2.75, 3.05) is 26.6 Å². The predicted molar refractivity (Wildman–Crippen MR) is 399 cm³/mol. The number of carbonyl (C=O) groups excluding carboxylic acids is 1. The van der Waals surface area contributed by atoms with Crippen molar-refractivity contribution in [2.24, 2.45) is 11.8 Å². The third kappa shape index (κ3) is 16.7. The van der Waals surface area contributed by atoms with Gasteiger partial charge in [-0.1, -0.05) is 175 Å². The van der Waals surface area contributed by atoms with Crippen molar-refractivity contribution in [2.45, 2.75) is 80.6 Å². The number of benzene rings is 6. The molecule has 6 aromatic heterocycles. The van der Waals surface area contributed by atoms with Crippen molar-refractivity contribution >= 4 is 90.5 Å². The van der Waals surface area contributed by atoms with E-state index in [1.807, 2.05) is 221 Å². The molecule has 0 saturated heterocycles. The summed E-state index contributed by atoms with van der Waals surface area (Å²) in [6, 6.07) is 64.8. The smallest absolute Gasteiger partial charge is 0.324 e. The molecule has 0 radical (unpaired) electrons. The molecule has 0 unspecified atom stereocenters. The molecule has 15 heteroatoms. The van der Waals surface area contributed by atoms with Crippen LogP contribution in [-0.2, 0) is 12.8 Å². The van der Waals surface area contributed by atoms with Gasteiger partial charge in [-0.25, -0.2) is 9.78 Å². The Bertz CT molecular complexity index is 4880. The van der Waals surface area contributed by atoms with Crippen LogP contribution in [0.2, 0.25) is 0 Å². The Morgan fingerprint density at radius 1 is 0.510 bits per heavy atom. The molecule has 15 nitrogen and oxygen atoms in total. The summed E-state index contributed by atoms with van der Waals surface area (Å²) in [6.07, 6.45) is 22.8. The first-order valence-electron chi connectivity index (χ1n) is 32.9. The largest absolute Gasteiger partial charge is 0.341 e. The molecule has 2 aliphatic rings. The molecule has 14 rings (SSSR count). The molecule has 96 heavy (non-hydrogen) atoms. The van der Waals surface area contributed by atoms with E-state index in [0.717, 1.165) is 87.2 Å². The van der Waals surface area contributed by atoms with Gasteiger partial charge in [0.25, 0.3) is 0 Å². The number of anilines is 8. The van der Waals surface area contributed by atoms with E-state index in [0.29, 0.717) is 50.7 Å². The number of nitrogens with one attached hydrogen (secondary N) is 5. The van der Waals surface area contributed by atoms with E-state index in [1.54, 1.807) is 36.7 Å². The van der Waals surface area contributed by atoms with Crippen LogP contribution in [-0.4, -0.2) is 34.7 Å². The molecule has 6 aromatic carbocycles. The van der Waals surface area contributed by atoms with Gasteiger partial charge in [0.15, 0.2) is 16.3 Å². The molecule has 1 fully saturated rings. The van der Waals surface area contributed by atoms with Crippen molar-refractivity contribution in [3.05, 3.63) is 309 Å². The second kappa shape index (κ2) is 32.7. The molecule has 0 spiro atoms. The van der Waals surface area contributed by atoms with Gasteiger partial charge < -0.3 is 21.3 Å². The van der Waals surface area contributed by atoms with Crippen LogP contribution in [0.5, 0.6) is 0 Å². The summed E-state index contributed by atoms with van der Waals surface area (Å²) in [5.74, 6) is 3.48. The van der Waals surface area contributed by atoms with Gasteiger partial charge >= 0.3 is 6.03 Å². The normalized spacial score (nSPS) is 12.1. The fraction of sp³-hybridized carbons (Fsp3) is 0.173. The number of hydrogen-bond acceptors (Lipinski definition) is 10. The topological polar surface area (TPSA) is 182 Å². The number of aryl methyl sites for hydroxylation is 1. The van der Waals surface area contributed by atoms with E-state index in [4.69, 9.17) is 0 Å². The standard InChI is InChI=1S/C28H23N5O2.C25H25N3O.C24H21N3O.2C2H6/c1-19-17-23-26(27(29-19)32-28(35)31-21-13-7-3-8-14-21)24(34)18-25(30-20-11-5-2-6-12-20)33(23)22-15-9-4-10-16-22;1-18(2)14-19-16-26-17-22-23(29)15-24(27-20-10-6-5-7-11-20)28(25(19)22)21-12-8-3-4-9-13-21;28-22-14-23(26-19-7-3-1-4-8-19)27(20-9-5-2-6-10-20)24-18(13-17-11-12-17)15-25-16-21(22)24;2*1-2/h2-18,30H,1H3,(H2,29,31,32,35);3-8,10-13,15-18,27H,9,14H2,1-2H3;1-10,14-17,26H,11-13H2;2*1-2H3. The van der Waals surface area contributed by atoms with Gasteiger partial charge in [-0.2, -0.15) is 0 Å². The second-order valence-corrected chi connectivity index (χ2v) is 23.1. The highest BCUT2D eigenvalue weighted by Gasteiger charge is 2.25. The second-order valence-electron chi connectivity index (χ2n) is 23.1. The number of pyridine rings is 6. The Morgan fingerprint density at radius 3 is 1.47 bits per heavy atom. The fourth-order valence-electron chi connectivity index (χ4n) is 11.4. The lowest BCUT2D eigenvalue weighted by molar-refractivity contribution is 0.262. The first-order chi connectivity index (χ1) is 47.0. The van der Waals surface area contributed by atoms with Crippen LogP contribution in [0, 0.1) is 18.8 Å². The van der Waals surface area contributed by atoms with E-state index >= 15 is 0 Å². The number of fused-ring (bicyclic) bond motifs is 3. The van der Waals surface area contributed by atoms with Crippen LogP contribution in [0.15, 0.2) is 276 Å². The quantitative estimate of drug-likeness (QED) is 0.0662. The van der Waals surface area contributed by atoms with Gasteiger partial charge in [-0.3, -0.25) is 43.4 Å². The Kier molecular flexibility index (Phi) is 22.9. The van der Waals surface area contributed by atoms with Crippen molar-refractivity contribution < 1.29 is 4.79 Å². The van der Waals surface area contributed by atoms with E-state index in [9.17, 15) is 19.2 Å². The Labute approximate surface area is 560 Å². The van der Waals surface area contributed by atoms with Crippen LogP contribution in [0.4, 0.5) is 50.8 Å². The number of aromatic nitrogens is 6. The Morgan fingerprint density at radius 2 is 0.958 bits per heavy atom. The molecule has 0 atom stereocenters. The fourth-order valence-corrected chi connectivity index (χ4v) is 11.4. The number of carbonyl (C=O) groups is 1. The van der Waals surface area contributed by atoms with Crippen LogP contribution >= 0.6 is 0 Å². The lowest BCUT2D eigenvalue weighted by atomic mass is 10.0. The zero-order valence-electron chi connectivity index (χ0n) is 55.3. The van der Waals surface area contributed by atoms with Gasteiger partial charge in [0, 0.05) is 88.5 Å². The van der Waals surface area contributed by atoms with Crippen molar-refractivity contribution in [1.82, 2.24) is 28.7 Å². The zero-order valence-corrected chi connectivity index (χ0v) is 55.3. The average Bonchev–Trinajstić information content (AvgIpc) is 1.37. The highest BCUT2D eigenvalue weighted by Crippen LogP contribution is 2.36. The minimum absolute atomic E-state index is 0.00856. The van der Waals surface area contributed by atoms with Crippen LogP contribution in [0.3, 0.4) is 0 Å². The van der Waals surface area contributed by atoms with Crippen LogP contribution in [0.25, 0.3) is 49.8 Å². The predicted octanol–water partition coefficient (Wildman–Crippen LogP) is 18.9. The molecular weight excluding hydrogens is 1190 g/mol. The molecule has 0 aliphatic heterocycles. The average molecular weight is 1270 g/mol. The summed E-state index contributed by atoms with van der Waals surface area (Å²) in [5, 5.41) is 17.4. The Hall–Kier alpha value is -11.7. The molecule has 6 heterocycles. The lowest BCUT2D eigenvalue weighted by Gasteiger charge is -2.21. The number of rotatable bonds is 15. The first-order valence-corrected chi connectivity index (χ1v) is 32.9. The number of amides is 2. The molecule has 2 aliphatic carbocycles. The summed E-state index contributed by atoms with van der Waals surface area (Å²) in [7, 11) is 0. The zero-order chi connectivity index (χ0) is 67.3. The minimum Gasteiger partial charge on any atom is -0.341 e. The molecular formula is C81H81N11O4. The van der Waals surface area contributed by atoms with Crippen LogP contribution in [0.1, 0.15) is 77.6 Å². The van der Waals surface area contributed by atoms with Gasteiger partial charge in [0.1, 0.15) is 23.3 Å². The van der Waals surface area contributed by atoms with E-state index in [-0.39, 0.29) is 22.1 Å². The molecule has 484 valence electrons. The number of allylic oxidation sites excluding steroid dienone is 6. The Balaban J connectivity index is 0.000000154. The molecule has 5 N–H and O–H groups in total. The monoisotopic (exact) mass is 1270 g/mol. The van der Waals surface area contributed by atoms with E-state index in [1.165, 1.54) is 18.9 Å². The molecule has 2 amide bonds. The first kappa shape index (κ1) is 67.2. The minimum atomic E-state index is -0.479. The van der Waals surface area contributed by atoms with Gasteiger partial charge in [0.2, 0.25) is 0 Å². The third-order valence-electron chi connectivity index (χ3n) is 15.6. The summed E-state index contributed by atoms with van der Waals surface area (Å²) in [5.41, 5.74) is 11.4.